The van der Waals surface area contributed by atoms with Crippen molar-refractivity contribution in [2.75, 3.05) is 6.54 Å². The number of hydrogen-bond donors (Lipinski definition) is 2. The SMILES string of the molecule is O=C1CC(NCc2cncc(F)c2)CN1. The van der Waals surface area contributed by atoms with Gasteiger partial charge in [0.2, 0.25) is 5.91 Å². The molecule has 1 fully saturated rings. The number of nitrogens with one attached hydrogen (secondary N) is 2. The van der Waals surface area contributed by atoms with E-state index in [1.807, 2.05) is 0 Å². The van der Waals surface area contributed by atoms with Crippen LogP contribution in [0, 0.1) is 5.82 Å². The van der Waals surface area contributed by atoms with Gasteiger partial charge < -0.3 is 10.6 Å². The summed E-state index contributed by atoms with van der Waals surface area (Å²) in [6, 6.07) is 1.57. The molecular weight excluding hydrogens is 197 g/mol. The number of carbonyl (C=O) groups is 1. The summed E-state index contributed by atoms with van der Waals surface area (Å²) in [4.78, 5) is 14.6. The van der Waals surface area contributed by atoms with E-state index in [1.54, 1.807) is 6.20 Å². The lowest BCUT2D eigenvalue weighted by Crippen LogP contribution is -2.30. The maximum Gasteiger partial charge on any atom is 0.221 e. The summed E-state index contributed by atoms with van der Waals surface area (Å²) in [5, 5.41) is 5.89. The maximum absolute atomic E-state index is 12.8. The van der Waals surface area contributed by atoms with E-state index in [9.17, 15) is 9.18 Å². The number of hydrogen-bond acceptors (Lipinski definition) is 3. The fourth-order valence-corrected chi connectivity index (χ4v) is 1.56. The van der Waals surface area contributed by atoms with Gasteiger partial charge in [-0.1, -0.05) is 0 Å². The molecule has 1 saturated heterocycles. The van der Waals surface area contributed by atoms with Gasteiger partial charge in [0, 0.05) is 31.7 Å². The van der Waals surface area contributed by atoms with Gasteiger partial charge in [-0.15, -0.1) is 0 Å². The van der Waals surface area contributed by atoms with Crippen molar-refractivity contribution in [2.45, 2.75) is 19.0 Å². The van der Waals surface area contributed by atoms with Gasteiger partial charge in [0.25, 0.3) is 0 Å². The Morgan fingerprint density at radius 3 is 3.13 bits per heavy atom. The molecule has 5 heteroatoms. The summed E-state index contributed by atoms with van der Waals surface area (Å²) in [6.45, 7) is 1.17. The zero-order valence-electron chi connectivity index (χ0n) is 8.16. The van der Waals surface area contributed by atoms with Crippen molar-refractivity contribution in [3.8, 4) is 0 Å². The highest BCUT2D eigenvalue weighted by atomic mass is 19.1. The Morgan fingerprint density at radius 1 is 1.60 bits per heavy atom. The van der Waals surface area contributed by atoms with Gasteiger partial charge >= 0.3 is 0 Å². The molecule has 1 aromatic heterocycles. The van der Waals surface area contributed by atoms with E-state index in [2.05, 4.69) is 15.6 Å². The van der Waals surface area contributed by atoms with Crippen LogP contribution in [0.5, 0.6) is 0 Å². The molecule has 0 aromatic carbocycles. The molecule has 0 radical (unpaired) electrons. The molecular formula is C10H12FN3O. The van der Waals surface area contributed by atoms with Crippen LogP contribution in [0.4, 0.5) is 4.39 Å². The van der Waals surface area contributed by atoms with Crippen LogP contribution < -0.4 is 10.6 Å². The molecule has 1 amide bonds. The summed E-state index contributed by atoms with van der Waals surface area (Å²) in [7, 11) is 0. The van der Waals surface area contributed by atoms with E-state index >= 15 is 0 Å². The van der Waals surface area contributed by atoms with Crippen molar-refractivity contribution >= 4 is 5.91 Å². The van der Waals surface area contributed by atoms with E-state index in [-0.39, 0.29) is 17.8 Å². The maximum atomic E-state index is 12.8. The highest BCUT2D eigenvalue weighted by Gasteiger charge is 2.20. The van der Waals surface area contributed by atoms with Gasteiger partial charge in [0.05, 0.1) is 6.20 Å². The third kappa shape index (κ3) is 2.73. The van der Waals surface area contributed by atoms with E-state index in [4.69, 9.17) is 0 Å². The minimum absolute atomic E-state index is 0.0601. The summed E-state index contributed by atoms with van der Waals surface area (Å²) in [5.74, 6) is -0.278. The first-order valence-corrected chi connectivity index (χ1v) is 4.83. The molecule has 4 nitrogen and oxygen atoms in total. The first-order chi connectivity index (χ1) is 7.24. The second kappa shape index (κ2) is 4.35. The Balaban J connectivity index is 1.85. The summed E-state index contributed by atoms with van der Waals surface area (Å²) in [6.07, 6.45) is 3.27. The Hall–Kier alpha value is -1.49. The lowest BCUT2D eigenvalue weighted by Gasteiger charge is -2.09. The topological polar surface area (TPSA) is 54.0 Å². The normalized spacial score (nSPS) is 20.3. The van der Waals surface area contributed by atoms with Crippen molar-refractivity contribution < 1.29 is 9.18 Å². The molecule has 1 aliphatic rings. The lowest BCUT2D eigenvalue weighted by molar-refractivity contribution is -0.119. The highest BCUT2D eigenvalue weighted by Crippen LogP contribution is 2.03. The van der Waals surface area contributed by atoms with Gasteiger partial charge in [-0.25, -0.2) is 4.39 Å². The molecule has 1 atom stereocenters. The second-order valence-corrected chi connectivity index (χ2v) is 3.60. The molecule has 1 unspecified atom stereocenters. The molecule has 2 rings (SSSR count). The zero-order valence-corrected chi connectivity index (χ0v) is 8.16. The Kier molecular flexibility index (Phi) is 2.91. The summed E-state index contributed by atoms with van der Waals surface area (Å²) < 4.78 is 12.8. The van der Waals surface area contributed by atoms with E-state index in [1.165, 1.54) is 12.3 Å². The molecule has 1 aromatic rings. The Bertz CT molecular complexity index is 369. The van der Waals surface area contributed by atoms with Crippen LogP contribution in [0.3, 0.4) is 0 Å². The van der Waals surface area contributed by atoms with Gasteiger partial charge in [0.15, 0.2) is 0 Å². The number of nitrogens with zero attached hydrogens (tertiary/aromatic N) is 1. The quantitative estimate of drug-likeness (QED) is 0.747. The van der Waals surface area contributed by atoms with Crippen LogP contribution in [0.2, 0.25) is 0 Å². The number of rotatable bonds is 3. The number of pyridine rings is 1. The van der Waals surface area contributed by atoms with Crippen LogP contribution >= 0.6 is 0 Å². The smallest absolute Gasteiger partial charge is 0.221 e. The number of carbonyl (C=O) groups excluding carboxylic acids is 1. The molecule has 0 aliphatic carbocycles. The second-order valence-electron chi connectivity index (χ2n) is 3.60. The third-order valence-electron chi connectivity index (χ3n) is 2.33. The molecule has 2 N–H and O–H groups in total. The number of amides is 1. The first-order valence-electron chi connectivity index (χ1n) is 4.83. The average Bonchev–Trinajstić information content (AvgIpc) is 2.62. The zero-order chi connectivity index (χ0) is 10.7. The summed E-state index contributed by atoms with van der Waals surface area (Å²) in [5.41, 5.74) is 0.786. The van der Waals surface area contributed by atoms with Crippen molar-refractivity contribution in [3.05, 3.63) is 29.8 Å². The molecule has 1 aliphatic heterocycles. The van der Waals surface area contributed by atoms with Gasteiger partial charge in [-0.3, -0.25) is 9.78 Å². The van der Waals surface area contributed by atoms with Gasteiger partial charge in [-0.05, 0) is 11.6 Å². The van der Waals surface area contributed by atoms with Crippen LogP contribution in [0.1, 0.15) is 12.0 Å². The van der Waals surface area contributed by atoms with Gasteiger partial charge in [0.1, 0.15) is 5.82 Å². The van der Waals surface area contributed by atoms with Crippen molar-refractivity contribution in [2.24, 2.45) is 0 Å². The standard InChI is InChI=1S/C10H12FN3O/c11-8-1-7(3-12-5-8)4-13-9-2-10(15)14-6-9/h1,3,5,9,13H,2,4,6H2,(H,14,15). The predicted molar refractivity (Wildman–Crippen MR) is 52.4 cm³/mol. The minimum atomic E-state index is -0.338. The van der Waals surface area contributed by atoms with Crippen LogP contribution in [0.25, 0.3) is 0 Å². The molecule has 0 bridgehead atoms. The van der Waals surface area contributed by atoms with E-state index < -0.39 is 0 Å². The lowest BCUT2D eigenvalue weighted by atomic mass is 10.2. The summed E-state index contributed by atoms with van der Waals surface area (Å²) >= 11 is 0. The van der Waals surface area contributed by atoms with E-state index in [0.29, 0.717) is 19.5 Å². The highest BCUT2D eigenvalue weighted by molar-refractivity contribution is 5.78. The van der Waals surface area contributed by atoms with Crippen molar-refractivity contribution in [1.82, 2.24) is 15.6 Å². The van der Waals surface area contributed by atoms with Crippen molar-refractivity contribution in [3.63, 3.8) is 0 Å². The first kappa shape index (κ1) is 10.0. The Labute approximate surface area is 86.9 Å². The van der Waals surface area contributed by atoms with Crippen LogP contribution in [0.15, 0.2) is 18.5 Å². The number of halogens is 1. The minimum Gasteiger partial charge on any atom is -0.354 e. The third-order valence-corrected chi connectivity index (χ3v) is 2.33. The molecule has 0 saturated carbocycles. The van der Waals surface area contributed by atoms with Gasteiger partial charge in [-0.2, -0.15) is 0 Å². The van der Waals surface area contributed by atoms with Crippen molar-refractivity contribution in [1.29, 1.82) is 0 Å². The van der Waals surface area contributed by atoms with Crippen LogP contribution in [-0.2, 0) is 11.3 Å². The fourth-order valence-electron chi connectivity index (χ4n) is 1.56. The molecule has 80 valence electrons. The average molecular weight is 209 g/mol. The van der Waals surface area contributed by atoms with E-state index in [0.717, 1.165) is 5.56 Å². The largest absolute Gasteiger partial charge is 0.354 e. The molecule has 15 heavy (non-hydrogen) atoms. The fraction of sp³-hybridized carbons (Fsp3) is 0.400. The monoisotopic (exact) mass is 209 g/mol. The number of aromatic nitrogens is 1. The Morgan fingerprint density at radius 2 is 2.47 bits per heavy atom. The molecule has 0 spiro atoms. The molecule has 2 heterocycles. The predicted octanol–water partition coefficient (Wildman–Crippen LogP) is 0.199. The van der Waals surface area contributed by atoms with Crippen LogP contribution in [-0.4, -0.2) is 23.5 Å².